The SMILES string of the molecule is CC1CCCN1c1ccc2c(c1)C=CC1=CN3C(=CCc4ccccc43)N12. The molecular formula is C24H23N3. The van der Waals surface area contributed by atoms with Crippen LogP contribution >= 0.6 is 0 Å². The van der Waals surface area contributed by atoms with Crippen LogP contribution < -0.4 is 14.7 Å². The number of fused-ring (bicyclic) bond motifs is 7. The molecule has 3 nitrogen and oxygen atoms in total. The predicted molar refractivity (Wildman–Crippen MR) is 113 cm³/mol. The zero-order chi connectivity index (χ0) is 18.0. The maximum atomic E-state index is 2.55. The van der Waals surface area contributed by atoms with Gasteiger partial charge in [-0.25, -0.2) is 0 Å². The Morgan fingerprint density at radius 3 is 2.81 bits per heavy atom. The highest BCUT2D eigenvalue weighted by Gasteiger charge is 2.34. The van der Waals surface area contributed by atoms with Crippen molar-refractivity contribution < 1.29 is 0 Å². The van der Waals surface area contributed by atoms with Crippen LogP contribution in [0.1, 0.15) is 30.9 Å². The Labute approximate surface area is 160 Å². The number of nitrogens with zero attached hydrogens (tertiary/aromatic N) is 3. The number of anilines is 3. The average Bonchev–Trinajstić information content (AvgIpc) is 3.31. The van der Waals surface area contributed by atoms with Crippen molar-refractivity contribution in [3.05, 3.63) is 83.5 Å². The monoisotopic (exact) mass is 353 g/mol. The van der Waals surface area contributed by atoms with Gasteiger partial charge in [0.1, 0.15) is 5.82 Å². The minimum atomic E-state index is 0.644. The number of benzene rings is 2. The zero-order valence-corrected chi connectivity index (χ0v) is 15.6. The maximum absolute atomic E-state index is 2.55. The summed E-state index contributed by atoms with van der Waals surface area (Å²) in [6, 6.07) is 16.3. The van der Waals surface area contributed by atoms with Crippen LogP contribution in [0.4, 0.5) is 17.1 Å². The summed E-state index contributed by atoms with van der Waals surface area (Å²) in [6.07, 6.45) is 12.7. The van der Waals surface area contributed by atoms with Crippen molar-refractivity contribution in [1.82, 2.24) is 0 Å². The highest BCUT2D eigenvalue weighted by molar-refractivity contribution is 5.86. The summed E-state index contributed by atoms with van der Waals surface area (Å²) >= 11 is 0. The molecule has 2 aromatic rings. The van der Waals surface area contributed by atoms with Crippen molar-refractivity contribution in [2.24, 2.45) is 0 Å². The van der Waals surface area contributed by atoms with Crippen molar-refractivity contribution in [2.75, 3.05) is 21.2 Å². The number of hydrogen-bond acceptors (Lipinski definition) is 3. The third-order valence-electron chi connectivity index (χ3n) is 6.32. The molecule has 0 spiro atoms. The van der Waals surface area contributed by atoms with Crippen LogP contribution in [0, 0.1) is 0 Å². The molecule has 1 saturated heterocycles. The van der Waals surface area contributed by atoms with Crippen molar-refractivity contribution in [3.63, 3.8) is 0 Å². The molecule has 0 bridgehead atoms. The lowest BCUT2D eigenvalue weighted by atomic mass is 10.0. The van der Waals surface area contributed by atoms with Gasteiger partial charge in [-0.05, 0) is 68.2 Å². The Morgan fingerprint density at radius 1 is 1.00 bits per heavy atom. The summed E-state index contributed by atoms with van der Waals surface area (Å²) in [5.74, 6) is 1.26. The first-order valence-corrected chi connectivity index (χ1v) is 9.98. The van der Waals surface area contributed by atoms with E-state index in [1.165, 1.54) is 59.1 Å². The Hall–Kier alpha value is -2.94. The number of para-hydroxylation sites is 1. The second-order valence-electron chi connectivity index (χ2n) is 7.92. The number of rotatable bonds is 1. The van der Waals surface area contributed by atoms with E-state index in [9.17, 15) is 0 Å². The van der Waals surface area contributed by atoms with E-state index in [0.29, 0.717) is 6.04 Å². The Morgan fingerprint density at radius 2 is 1.93 bits per heavy atom. The van der Waals surface area contributed by atoms with Gasteiger partial charge in [-0.15, -0.1) is 0 Å². The molecule has 4 heterocycles. The van der Waals surface area contributed by atoms with E-state index in [1.54, 1.807) is 0 Å². The number of hydrogen-bond donors (Lipinski definition) is 0. The Bertz CT molecular complexity index is 1030. The van der Waals surface area contributed by atoms with Gasteiger partial charge in [0.25, 0.3) is 0 Å². The van der Waals surface area contributed by atoms with Crippen LogP contribution in [0.25, 0.3) is 6.08 Å². The fourth-order valence-electron chi connectivity index (χ4n) is 4.93. The molecule has 0 amide bonds. The van der Waals surface area contributed by atoms with Crippen LogP contribution in [0.2, 0.25) is 0 Å². The van der Waals surface area contributed by atoms with Gasteiger partial charge in [-0.3, -0.25) is 4.90 Å². The molecule has 27 heavy (non-hydrogen) atoms. The lowest BCUT2D eigenvalue weighted by Gasteiger charge is -2.33. The van der Waals surface area contributed by atoms with E-state index in [4.69, 9.17) is 0 Å². The first-order chi connectivity index (χ1) is 13.3. The molecule has 0 N–H and O–H groups in total. The smallest absolute Gasteiger partial charge is 0.118 e. The van der Waals surface area contributed by atoms with E-state index in [1.807, 2.05) is 0 Å². The van der Waals surface area contributed by atoms with Crippen LogP contribution in [0.3, 0.4) is 0 Å². The number of allylic oxidation sites excluding steroid dienone is 2. The van der Waals surface area contributed by atoms with E-state index >= 15 is 0 Å². The van der Waals surface area contributed by atoms with Gasteiger partial charge >= 0.3 is 0 Å². The first-order valence-electron chi connectivity index (χ1n) is 9.98. The summed E-state index contributed by atoms with van der Waals surface area (Å²) in [7, 11) is 0. The zero-order valence-electron chi connectivity index (χ0n) is 15.6. The van der Waals surface area contributed by atoms with E-state index in [0.717, 1.165) is 6.42 Å². The molecule has 1 atom stereocenters. The highest BCUT2D eigenvalue weighted by atomic mass is 15.4. The lowest BCUT2D eigenvalue weighted by molar-refractivity contribution is 0.735. The molecule has 4 aliphatic heterocycles. The molecule has 3 heteroatoms. The second kappa shape index (κ2) is 5.53. The average molecular weight is 353 g/mol. The summed E-state index contributed by atoms with van der Waals surface area (Å²) in [5.41, 5.74) is 7.88. The third kappa shape index (κ3) is 2.14. The predicted octanol–water partition coefficient (Wildman–Crippen LogP) is 5.27. The van der Waals surface area contributed by atoms with Gasteiger partial charge in [-0.1, -0.05) is 24.3 Å². The molecule has 1 unspecified atom stereocenters. The van der Waals surface area contributed by atoms with Gasteiger partial charge in [0.2, 0.25) is 0 Å². The van der Waals surface area contributed by atoms with Crippen LogP contribution in [0.15, 0.2) is 72.3 Å². The summed E-state index contributed by atoms with van der Waals surface area (Å²) in [5, 5.41) is 0. The minimum absolute atomic E-state index is 0.644. The van der Waals surface area contributed by atoms with Crippen molar-refractivity contribution in [2.45, 2.75) is 32.2 Å². The lowest BCUT2D eigenvalue weighted by Crippen LogP contribution is -2.29. The molecule has 4 aliphatic rings. The van der Waals surface area contributed by atoms with Crippen LogP contribution in [-0.4, -0.2) is 12.6 Å². The Kier molecular flexibility index (Phi) is 3.10. The third-order valence-corrected chi connectivity index (χ3v) is 6.32. The van der Waals surface area contributed by atoms with E-state index in [-0.39, 0.29) is 0 Å². The molecule has 6 rings (SSSR count). The van der Waals surface area contributed by atoms with Crippen LogP contribution in [-0.2, 0) is 6.42 Å². The molecule has 0 aromatic heterocycles. The molecule has 0 saturated carbocycles. The van der Waals surface area contributed by atoms with Gasteiger partial charge in [0.15, 0.2) is 0 Å². The normalized spacial score (nSPS) is 22.1. The van der Waals surface area contributed by atoms with E-state index < -0.39 is 0 Å². The standard InChI is InChI=1S/C24H23N3/c1-17-5-4-14-25(17)20-11-12-23-19(15-20)8-10-21-16-26-22-7-3-2-6-18(22)9-13-24(26)27(21)23/h2-3,6-8,10-13,15-17H,4-5,9,14H2,1H3. The largest absolute Gasteiger partial charge is 0.369 e. The van der Waals surface area contributed by atoms with Gasteiger partial charge in [0.05, 0.1) is 17.1 Å². The fourth-order valence-corrected chi connectivity index (χ4v) is 4.93. The highest BCUT2D eigenvalue weighted by Crippen LogP contribution is 2.45. The molecule has 134 valence electrons. The summed E-state index contributed by atoms with van der Waals surface area (Å²) < 4.78 is 0. The minimum Gasteiger partial charge on any atom is -0.369 e. The second-order valence-corrected chi connectivity index (χ2v) is 7.92. The molecule has 2 aromatic carbocycles. The summed E-state index contributed by atoms with van der Waals surface area (Å²) in [4.78, 5) is 7.29. The molecule has 0 aliphatic carbocycles. The quantitative estimate of drug-likeness (QED) is 0.692. The van der Waals surface area contributed by atoms with Crippen molar-refractivity contribution >= 4 is 23.1 Å². The van der Waals surface area contributed by atoms with Crippen LogP contribution in [0.5, 0.6) is 0 Å². The molecule has 0 radical (unpaired) electrons. The van der Waals surface area contributed by atoms with Gasteiger partial charge < -0.3 is 9.80 Å². The fraction of sp³-hybridized carbons (Fsp3) is 0.250. The van der Waals surface area contributed by atoms with Gasteiger partial charge in [-0.2, -0.15) is 0 Å². The topological polar surface area (TPSA) is 9.72 Å². The van der Waals surface area contributed by atoms with Crippen molar-refractivity contribution in [3.8, 4) is 0 Å². The molecule has 1 fully saturated rings. The Balaban J connectivity index is 1.41. The van der Waals surface area contributed by atoms with E-state index in [2.05, 4.69) is 88.5 Å². The van der Waals surface area contributed by atoms with Crippen molar-refractivity contribution in [1.29, 1.82) is 0 Å². The summed E-state index contributed by atoms with van der Waals surface area (Å²) in [6.45, 7) is 3.51. The van der Waals surface area contributed by atoms with Gasteiger partial charge in [0, 0.05) is 30.0 Å². The molecular weight excluding hydrogens is 330 g/mol. The first kappa shape index (κ1) is 15.2. The maximum Gasteiger partial charge on any atom is 0.118 e.